The van der Waals surface area contributed by atoms with E-state index in [1.165, 1.54) is 19.3 Å². The molecule has 188 valence electrons. The van der Waals surface area contributed by atoms with Crippen LogP contribution in [0.4, 0.5) is 0 Å². The number of carbonyl (C=O) groups excluding carboxylic acids is 3. The van der Waals surface area contributed by atoms with Crippen LogP contribution in [0.2, 0.25) is 0 Å². The minimum Gasteiger partial charge on any atom is -0.508 e. The summed E-state index contributed by atoms with van der Waals surface area (Å²) >= 11 is 0. The van der Waals surface area contributed by atoms with Crippen molar-refractivity contribution in [3.05, 3.63) is 29.8 Å². The molecule has 3 atom stereocenters. The van der Waals surface area contributed by atoms with E-state index in [1.807, 2.05) is 26.0 Å². The average molecular weight is 473 g/mol. The zero-order valence-corrected chi connectivity index (χ0v) is 20.6. The van der Waals surface area contributed by atoms with Gasteiger partial charge in [0.15, 0.2) is 23.8 Å². The molecule has 2 aliphatic heterocycles. The van der Waals surface area contributed by atoms with Crippen LogP contribution in [0.3, 0.4) is 0 Å². The predicted molar refractivity (Wildman–Crippen MR) is 131 cm³/mol. The Balaban J connectivity index is 1.39. The molecule has 0 bridgehead atoms. The highest BCUT2D eigenvalue weighted by Crippen LogP contribution is 2.26. The molecule has 0 radical (unpaired) electrons. The molecule has 2 unspecified atom stereocenters. The number of benzene rings is 1. The standard InChI is InChI=1S/C27H40N2O5/c1-19(2)18-22(23(31)10-7-17-29-15-4-3-5-16-29)28-27(33)26-25(34-26)24(32)9-6-8-20-11-13-21(30)14-12-20/h11-14,19,22,25-26,30H,3-10,15-18H2,1-2H3,(H,28,33)/t22-,25?,26?/m0/s1. The molecule has 0 saturated carbocycles. The van der Waals surface area contributed by atoms with E-state index in [9.17, 15) is 19.5 Å². The van der Waals surface area contributed by atoms with Crippen LogP contribution in [0.25, 0.3) is 0 Å². The molecule has 1 aromatic carbocycles. The fourth-order valence-electron chi connectivity index (χ4n) is 4.66. The number of piperidine rings is 1. The van der Waals surface area contributed by atoms with E-state index in [-0.39, 0.29) is 29.1 Å². The van der Waals surface area contributed by atoms with Crippen molar-refractivity contribution in [2.24, 2.45) is 5.92 Å². The van der Waals surface area contributed by atoms with Crippen LogP contribution in [-0.4, -0.2) is 65.4 Å². The summed E-state index contributed by atoms with van der Waals surface area (Å²) in [6.07, 6.45) is 5.85. The molecule has 0 spiro atoms. The largest absolute Gasteiger partial charge is 0.508 e. The van der Waals surface area contributed by atoms with Crippen molar-refractivity contribution < 1.29 is 24.2 Å². The number of phenols is 1. The first kappa shape index (κ1) is 26.4. The minimum atomic E-state index is -0.781. The lowest BCUT2D eigenvalue weighted by Crippen LogP contribution is -2.44. The highest BCUT2D eigenvalue weighted by atomic mass is 16.6. The summed E-state index contributed by atoms with van der Waals surface area (Å²) in [4.78, 5) is 40.4. The quantitative estimate of drug-likeness (QED) is 0.403. The minimum absolute atomic E-state index is 0.0662. The molecule has 2 saturated heterocycles. The van der Waals surface area contributed by atoms with Crippen LogP contribution in [0.1, 0.15) is 70.8 Å². The molecule has 34 heavy (non-hydrogen) atoms. The number of ether oxygens (including phenoxy) is 1. The van der Waals surface area contributed by atoms with Gasteiger partial charge in [0.05, 0.1) is 6.04 Å². The number of likely N-dealkylation sites (tertiary alicyclic amines) is 1. The molecular formula is C27H40N2O5. The summed E-state index contributed by atoms with van der Waals surface area (Å²) in [6, 6.07) is 6.40. The van der Waals surface area contributed by atoms with E-state index in [1.54, 1.807) is 12.1 Å². The number of ketones is 2. The third-order valence-electron chi connectivity index (χ3n) is 6.65. The van der Waals surface area contributed by atoms with Crippen molar-refractivity contribution in [2.45, 2.75) is 89.9 Å². The lowest BCUT2D eigenvalue weighted by molar-refractivity contribution is -0.129. The van der Waals surface area contributed by atoms with Crippen LogP contribution in [0, 0.1) is 5.92 Å². The smallest absolute Gasteiger partial charge is 0.252 e. The zero-order valence-electron chi connectivity index (χ0n) is 20.6. The number of carbonyl (C=O) groups is 3. The molecule has 1 amide bonds. The summed E-state index contributed by atoms with van der Waals surface area (Å²) in [5.41, 5.74) is 1.05. The van der Waals surface area contributed by atoms with Crippen LogP contribution in [-0.2, 0) is 25.5 Å². The summed E-state index contributed by atoms with van der Waals surface area (Å²) in [5.74, 6) is 0.126. The number of hydrogen-bond donors (Lipinski definition) is 2. The Morgan fingerprint density at radius 1 is 1.03 bits per heavy atom. The second-order valence-electron chi connectivity index (χ2n) is 10.1. The Morgan fingerprint density at radius 2 is 1.74 bits per heavy atom. The van der Waals surface area contributed by atoms with Gasteiger partial charge in [-0.05, 0) is 81.8 Å². The molecule has 0 aliphatic carbocycles. The highest BCUT2D eigenvalue weighted by molar-refractivity contribution is 5.98. The van der Waals surface area contributed by atoms with Crippen LogP contribution < -0.4 is 5.32 Å². The van der Waals surface area contributed by atoms with Gasteiger partial charge in [0, 0.05) is 12.8 Å². The Morgan fingerprint density at radius 3 is 2.41 bits per heavy atom. The second kappa shape index (κ2) is 13.0. The van der Waals surface area contributed by atoms with Gasteiger partial charge in [-0.3, -0.25) is 14.4 Å². The first-order chi connectivity index (χ1) is 16.3. The maximum atomic E-state index is 12.9. The summed E-state index contributed by atoms with van der Waals surface area (Å²) in [6.45, 7) is 7.23. The lowest BCUT2D eigenvalue weighted by atomic mass is 9.97. The van der Waals surface area contributed by atoms with E-state index in [0.717, 1.165) is 38.0 Å². The van der Waals surface area contributed by atoms with Gasteiger partial charge in [-0.1, -0.05) is 32.4 Å². The number of Topliss-reactive ketones (excluding diaryl/α,β-unsaturated/α-hetero) is 2. The molecule has 0 aromatic heterocycles. The number of aryl methyl sites for hydroxylation is 1. The molecule has 2 fully saturated rings. The monoisotopic (exact) mass is 472 g/mol. The van der Waals surface area contributed by atoms with Gasteiger partial charge < -0.3 is 20.1 Å². The second-order valence-corrected chi connectivity index (χ2v) is 10.1. The summed E-state index contributed by atoms with van der Waals surface area (Å²) < 4.78 is 5.39. The van der Waals surface area contributed by atoms with Gasteiger partial charge >= 0.3 is 0 Å². The van der Waals surface area contributed by atoms with E-state index >= 15 is 0 Å². The number of phenolic OH excluding ortho intramolecular Hbond substituents is 1. The molecule has 7 heteroatoms. The number of aromatic hydroxyl groups is 1. The molecule has 2 aliphatic rings. The van der Waals surface area contributed by atoms with Crippen molar-refractivity contribution in [1.29, 1.82) is 0 Å². The van der Waals surface area contributed by atoms with Gasteiger partial charge in [-0.2, -0.15) is 0 Å². The average Bonchev–Trinajstić information content (AvgIpc) is 3.61. The van der Waals surface area contributed by atoms with E-state index in [0.29, 0.717) is 25.7 Å². The molecule has 7 nitrogen and oxygen atoms in total. The van der Waals surface area contributed by atoms with Gasteiger partial charge in [0.1, 0.15) is 5.75 Å². The zero-order chi connectivity index (χ0) is 24.5. The SMILES string of the molecule is CC(C)C[C@H](NC(=O)C1OC1C(=O)CCCc1ccc(O)cc1)C(=O)CCCN1CCCCC1. The first-order valence-electron chi connectivity index (χ1n) is 12.8. The highest BCUT2D eigenvalue weighted by Gasteiger charge is 2.50. The van der Waals surface area contributed by atoms with Crippen LogP contribution in [0.15, 0.2) is 24.3 Å². The van der Waals surface area contributed by atoms with Gasteiger partial charge in [-0.25, -0.2) is 0 Å². The first-order valence-corrected chi connectivity index (χ1v) is 12.8. The molecule has 1 aromatic rings. The van der Waals surface area contributed by atoms with Gasteiger partial charge in [0.2, 0.25) is 0 Å². The number of amides is 1. The molecule has 2 heterocycles. The number of rotatable bonds is 14. The van der Waals surface area contributed by atoms with Crippen molar-refractivity contribution in [1.82, 2.24) is 10.2 Å². The Bertz CT molecular complexity index is 817. The summed E-state index contributed by atoms with van der Waals surface area (Å²) in [5, 5.41) is 12.2. The molecule has 2 N–H and O–H groups in total. The Labute approximate surface area is 203 Å². The Kier molecular flexibility index (Phi) is 10.1. The van der Waals surface area contributed by atoms with Crippen molar-refractivity contribution in [3.8, 4) is 5.75 Å². The van der Waals surface area contributed by atoms with Crippen molar-refractivity contribution >= 4 is 17.5 Å². The van der Waals surface area contributed by atoms with Crippen molar-refractivity contribution in [2.75, 3.05) is 19.6 Å². The van der Waals surface area contributed by atoms with Crippen LogP contribution in [0.5, 0.6) is 5.75 Å². The molecular weight excluding hydrogens is 432 g/mol. The van der Waals surface area contributed by atoms with Gasteiger partial charge in [0.25, 0.3) is 5.91 Å². The normalized spacial score (nSPS) is 21.3. The van der Waals surface area contributed by atoms with Crippen LogP contribution >= 0.6 is 0 Å². The lowest BCUT2D eigenvalue weighted by Gasteiger charge is -2.26. The maximum absolute atomic E-state index is 12.9. The predicted octanol–water partition coefficient (Wildman–Crippen LogP) is 3.42. The number of nitrogens with zero attached hydrogens (tertiary/aromatic N) is 1. The van der Waals surface area contributed by atoms with E-state index < -0.39 is 18.2 Å². The number of hydrogen-bond acceptors (Lipinski definition) is 6. The molecule has 3 rings (SSSR count). The third-order valence-corrected chi connectivity index (χ3v) is 6.65. The fraction of sp³-hybridized carbons (Fsp3) is 0.667. The third kappa shape index (κ3) is 8.51. The topological polar surface area (TPSA) is 99.2 Å². The fourth-order valence-corrected chi connectivity index (χ4v) is 4.66. The maximum Gasteiger partial charge on any atom is 0.252 e. The van der Waals surface area contributed by atoms with Gasteiger partial charge in [-0.15, -0.1) is 0 Å². The Hall–Kier alpha value is -2.25. The number of nitrogens with one attached hydrogen (secondary N) is 1. The van der Waals surface area contributed by atoms with Crippen molar-refractivity contribution in [3.63, 3.8) is 0 Å². The van der Waals surface area contributed by atoms with E-state index in [2.05, 4.69) is 10.2 Å². The van der Waals surface area contributed by atoms with E-state index in [4.69, 9.17) is 4.74 Å². The number of epoxide rings is 1. The summed E-state index contributed by atoms with van der Waals surface area (Å²) in [7, 11) is 0.